The van der Waals surface area contributed by atoms with Crippen molar-refractivity contribution in [3.63, 3.8) is 0 Å². The van der Waals surface area contributed by atoms with E-state index in [1.54, 1.807) is 443 Å². The second kappa shape index (κ2) is 33.6. The summed E-state index contributed by atoms with van der Waals surface area (Å²) in [6, 6.07) is 7.89. The van der Waals surface area contributed by atoms with Crippen molar-refractivity contribution >= 4 is 6.71 Å². The molecule has 3 nitrogen and oxygen atoms in total. The fraction of sp³-hybridized carbons (Fsp3) is 1.00. The van der Waals surface area contributed by atoms with E-state index in [-0.39, 0.29) is 0 Å². The van der Waals surface area contributed by atoms with Gasteiger partial charge >= 0.3 is 0 Å². The van der Waals surface area contributed by atoms with Crippen molar-refractivity contribution in [1.82, 2.24) is 14.7 Å². The summed E-state index contributed by atoms with van der Waals surface area (Å²) in [7, 11) is 0. The molecule has 0 aromatic carbocycles. The van der Waals surface area contributed by atoms with Crippen molar-refractivity contribution in [2.45, 2.75) is 515 Å². The zero-order valence-corrected chi connectivity index (χ0v) is 77.3. The molecule has 27 fully saturated rings. The first kappa shape index (κ1) is 79.9. The maximum Gasteiger partial charge on any atom is 0.156 e. The molecule has 0 N–H and O–H groups in total. The Morgan fingerprint density at radius 2 is 0.445 bits per heavy atom. The van der Waals surface area contributed by atoms with Gasteiger partial charge in [-0.15, -0.1) is 0 Å². The molecular formula is C115H184BN3. The van der Waals surface area contributed by atoms with Crippen LogP contribution in [-0.2, 0) is 0 Å². The molecule has 4 heteroatoms. The van der Waals surface area contributed by atoms with Crippen molar-refractivity contribution < 1.29 is 0 Å². The standard InChI is InChI=1S/C115H184BN3/c1-7-25-72(26-8-1)84-62-97(74-29-11-3-12-30-74)114(98(63-84)75-31-13-4-14-32-75)118-103-66-82(89-53-49-80-41-21-45-93-91-43-19-37-78-39-23-47-95(107(78)91)111(89)109(80)93)51-55-101(103)116-102-56-52-83(90-54-50-81-42-22-46-94-92-44-20-38-79-40-24-48-96(108(79)92)112(90)110(81)94)67-104(102)119(106-69-88(68-105(118)113(106)116)117-86-58-70-57-71(60-86)61-87(117)59-70)115-99(76-33-15-5-16-34-76)64-85(73-27-9-2-10-28-73)65-100(115)77-35-17-6-18-36-77/h70-115H,1-69H2. The molecule has 30 unspecified atom stereocenters. The summed E-state index contributed by atoms with van der Waals surface area (Å²) in [5.74, 6) is 39.1. The minimum absolute atomic E-state index is 0.834. The third-order valence-electron chi connectivity index (χ3n) is 50.2. The van der Waals surface area contributed by atoms with E-state index in [2.05, 4.69) is 14.7 Å². The van der Waals surface area contributed by atoms with Crippen LogP contribution in [0.3, 0.4) is 0 Å². The first-order valence-corrected chi connectivity index (χ1v) is 58.3. The van der Waals surface area contributed by atoms with Crippen molar-refractivity contribution in [2.75, 3.05) is 0 Å². The number of hydrogen-bond acceptors (Lipinski definition) is 3. The zero-order chi connectivity index (χ0) is 77.7. The number of fused-ring (bicyclic) bond motifs is 8. The number of nitrogens with zero attached hydrogens (tertiary/aromatic N) is 3. The van der Waals surface area contributed by atoms with E-state index in [0.29, 0.717) is 0 Å². The lowest BCUT2D eigenvalue weighted by molar-refractivity contribution is -0.176. The second-order valence-corrected chi connectivity index (χ2v) is 53.6. The van der Waals surface area contributed by atoms with Crippen LogP contribution in [0.1, 0.15) is 443 Å². The molecule has 0 aromatic heterocycles. The van der Waals surface area contributed by atoms with Crippen molar-refractivity contribution in [2.24, 2.45) is 201 Å². The lowest BCUT2D eigenvalue weighted by atomic mass is 9.18. The Morgan fingerprint density at radius 1 is 0.151 bits per heavy atom. The van der Waals surface area contributed by atoms with Gasteiger partial charge in [-0.05, 0) is 366 Å². The molecule has 27 rings (SSSR count). The van der Waals surface area contributed by atoms with E-state index in [1.165, 1.54) is 0 Å². The highest BCUT2D eigenvalue weighted by Gasteiger charge is 2.72. The molecule has 4 aliphatic heterocycles. The Balaban J connectivity index is 0.667. The Labute approximate surface area is 732 Å². The summed E-state index contributed by atoms with van der Waals surface area (Å²) >= 11 is 0. The Kier molecular flexibility index (Phi) is 22.6. The maximum atomic E-state index is 4.17. The van der Waals surface area contributed by atoms with E-state index < -0.39 is 0 Å². The molecule has 4 bridgehead atoms. The molecule has 27 aliphatic rings. The van der Waals surface area contributed by atoms with E-state index in [0.717, 1.165) is 280 Å². The molecular weight excluding hydrogens is 1430 g/mol. The summed E-state index contributed by atoms with van der Waals surface area (Å²) in [6.45, 7) is 1.01. The van der Waals surface area contributed by atoms with Crippen LogP contribution in [0, 0.1) is 201 Å². The van der Waals surface area contributed by atoms with Crippen LogP contribution >= 0.6 is 0 Å². The summed E-state index contributed by atoms with van der Waals surface area (Å²) in [5, 5.41) is 0. The van der Waals surface area contributed by atoms with Gasteiger partial charge in [0.05, 0.1) is 0 Å². The van der Waals surface area contributed by atoms with Crippen LogP contribution in [0.25, 0.3) is 0 Å². The summed E-state index contributed by atoms with van der Waals surface area (Å²) < 4.78 is 0. The van der Waals surface area contributed by atoms with Gasteiger partial charge in [0.2, 0.25) is 0 Å². The highest BCUT2D eigenvalue weighted by Crippen LogP contribution is 2.74. The number of piperidine rings is 2. The van der Waals surface area contributed by atoms with Gasteiger partial charge in [0.15, 0.2) is 6.71 Å². The first-order valence-electron chi connectivity index (χ1n) is 58.3. The number of hydrogen-bond donors (Lipinski definition) is 0. The van der Waals surface area contributed by atoms with Crippen LogP contribution in [0.4, 0.5) is 0 Å². The Hall–Kier alpha value is -0.0551. The Morgan fingerprint density at radius 3 is 0.798 bits per heavy atom. The van der Waals surface area contributed by atoms with Crippen molar-refractivity contribution in [1.29, 1.82) is 0 Å². The minimum atomic E-state index is 0.834. The highest BCUT2D eigenvalue weighted by atomic mass is 15.3. The SMILES string of the molecule is C1CCC(C2CC(C3CCCCC3)C(N3C4CC(C5CCC6CCCC7C8CCCC9CCCC(C98)C5C67)CCC4B4C5CCC(C6CCC7CCCC8C9CCCC%10CCCC(C%109)C6C78)CC5N(C5C(C6CCCCC6)CC(C6CCCCC6)CC5C5CCCCC5)C5CC(N6C7CC8CC(C7)CC6C8)CC3C45)C(C3CCCCC3)C2)CC1. The normalized spacial score (nSPS) is 54.6. The highest BCUT2D eigenvalue weighted by molar-refractivity contribution is 6.65. The van der Waals surface area contributed by atoms with Crippen LogP contribution in [0.5, 0.6) is 0 Å². The van der Waals surface area contributed by atoms with E-state index in [4.69, 9.17) is 0 Å². The second-order valence-electron chi connectivity index (χ2n) is 53.6. The van der Waals surface area contributed by atoms with Crippen molar-refractivity contribution in [3.05, 3.63) is 0 Å². The lowest BCUT2D eigenvalue weighted by Crippen LogP contribution is -2.78. The van der Waals surface area contributed by atoms with Crippen LogP contribution in [-0.4, -0.2) is 75.8 Å². The van der Waals surface area contributed by atoms with Gasteiger partial charge in [0, 0.05) is 54.4 Å². The van der Waals surface area contributed by atoms with Crippen LogP contribution < -0.4 is 0 Å². The van der Waals surface area contributed by atoms with Gasteiger partial charge in [-0.2, -0.15) is 0 Å². The average Bonchev–Trinajstić information content (AvgIpc) is 0.688. The van der Waals surface area contributed by atoms with Crippen LogP contribution in [0.2, 0.25) is 17.5 Å². The van der Waals surface area contributed by atoms with E-state index in [1.807, 2.05) is 0 Å². The molecule has 662 valence electrons. The molecule has 30 atom stereocenters. The third-order valence-corrected chi connectivity index (χ3v) is 50.2. The monoisotopic (exact) mass is 1620 g/mol. The van der Waals surface area contributed by atoms with Crippen molar-refractivity contribution in [3.8, 4) is 0 Å². The Bertz CT molecular complexity index is 3110. The average molecular weight is 1620 g/mol. The van der Waals surface area contributed by atoms with E-state index >= 15 is 0 Å². The largest absolute Gasteiger partial charge is 0.295 e. The minimum Gasteiger partial charge on any atom is -0.295 e. The smallest absolute Gasteiger partial charge is 0.156 e. The van der Waals surface area contributed by atoms with Gasteiger partial charge < -0.3 is 0 Å². The van der Waals surface area contributed by atoms with Gasteiger partial charge in [-0.1, -0.05) is 295 Å². The lowest BCUT2D eigenvalue weighted by Gasteiger charge is -2.73. The van der Waals surface area contributed by atoms with Gasteiger partial charge in [-0.3, -0.25) is 14.7 Å². The molecule has 0 amide bonds. The molecule has 119 heavy (non-hydrogen) atoms. The predicted molar refractivity (Wildman–Crippen MR) is 494 cm³/mol. The maximum absolute atomic E-state index is 4.17. The molecule has 0 spiro atoms. The molecule has 23 aliphatic carbocycles. The molecule has 4 heterocycles. The molecule has 23 saturated carbocycles. The fourth-order valence-electron chi connectivity index (χ4n) is 47.5. The zero-order valence-electron chi connectivity index (χ0n) is 77.3. The van der Waals surface area contributed by atoms with Gasteiger partial charge in [0.25, 0.3) is 0 Å². The van der Waals surface area contributed by atoms with Gasteiger partial charge in [0.1, 0.15) is 0 Å². The third kappa shape index (κ3) is 13.7. The quantitative estimate of drug-likeness (QED) is 0.191. The summed E-state index contributed by atoms with van der Waals surface area (Å²) in [6.07, 6.45) is 112. The summed E-state index contributed by atoms with van der Waals surface area (Å²) in [4.78, 5) is 12.0. The molecule has 0 aromatic rings. The van der Waals surface area contributed by atoms with E-state index in [9.17, 15) is 0 Å². The fourth-order valence-corrected chi connectivity index (χ4v) is 47.5. The van der Waals surface area contributed by atoms with Gasteiger partial charge in [-0.25, -0.2) is 0 Å². The number of rotatable bonds is 11. The van der Waals surface area contributed by atoms with Crippen LogP contribution in [0.15, 0.2) is 0 Å². The summed E-state index contributed by atoms with van der Waals surface area (Å²) in [5.41, 5.74) is 0. The molecule has 0 radical (unpaired) electrons. The first-order chi connectivity index (χ1) is 59.0. The molecule has 4 saturated heterocycles. The predicted octanol–water partition coefficient (Wildman–Crippen LogP) is 30.0. The topological polar surface area (TPSA) is 9.72 Å².